The molecule has 0 aromatic carbocycles. The molecule has 2 rings (SSSR count). The van der Waals surface area contributed by atoms with Crippen molar-refractivity contribution in [1.82, 2.24) is 19.7 Å². The standard InChI is InChI=1S/C15H23N5/c1-11(2)14-9-15(18-10-17-14)16-6-5-7-20-13(4)8-12(3)19-20/h8-11H,5-7H2,1-4H3,(H,16,17,18). The molecule has 0 aliphatic heterocycles. The molecule has 2 aromatic heterocycles. The number of anilines is 1. The highest BCUT2D eigenvalue weighted by Gasteiger charge is 2.03. The van der Waals surface area contributed by atoms with Gasteiger partial charge in [0.15, 0.2) is 0 Å². The Balaban J connectivity index is 1.81. The Labute approximate surface area is 120 Å². The summed E-state index contributed by atoms with van der Waals surface area (Å²) in [5.41, 5.74) is 3.36. The third-order valence-electron chi connectivity index (χ3n) is 3.24. The third kappa shape index (κ3) is 3.79. The monoisotopic (exact) mass is 273 g/mol. The molecular weight excluding hydrogens is 250 g/mol. The van der Waals surface area contributed by atoms with E-state index in [-0.39, 0.29) is 0 Å². The predicted molar refractivity (Wildman–Crippen MR) is 80.9 cm³/mol. The molecule has 5 nitrogen and oxygen atoms in total. The Morgan fingerprint density at radius 1 is 1.20 bits per heavy atom. The van der Waals surface area contributed by atoms with Crippen LogP contribution < -0.4 is 5.32 Å². The number of aromatic nitrogens is 4. The molecule has 20 heavy (non-hydrogen) atoms. The van der Waals surface area contributed by atoms with Crippen LogP contribution in [0, 0.1) is 13.8 Å². The van der Waals surface area contributed by atoms with Crippen molar-refractivity contribution < 1.29 is 0 Å². The van der Waals surface area contributed by atoms with E-state index in [1.807, 2.05) is 13.0 Å². The number of hydrogen-bond donors (Lipinski definition) is 1. The Kier molecular flexibility index (Phi) is 4.71. The molecule has 0 aliphatic rings. The number of rotatable bonds is 6. The minimum absolute atomic E-state index is 0.424. The van der Waals surface area contributed by atoms with Crippen LogP contribution in [-0.2, 0) is 6.54 Å². The quantitative estimate of drug-likeness (QED) is 0.822. The summed E-state index contributed by atoms with van der Waals surface area (Å²) in [4.78, 5) is 8.51. The SMILES string of the molecule is Cc1cc(C)n(CCCNc2cc(C(C)C)ncn2)n1. The summed E-state index contributed by atoms with van der Waals surface area (Å²) in [6, 6.07) is 4.13. The van der Waals surface area contributed by atoms with Gasteiger partial charge in [0.1, 0.15) is 12.1 Å². The van der Waals surface area contributed by atoms with Crippen molar-refractivity contribution in [3.8, 4) is 0 Å². The van der Waals surface area contributed by atoms with Gasteiger partial charge in [-0.15, -0.1) is 0 Å². The molecule has 0 saturated carbocycles. The minimum Gasteiger partial charge on any atom is -0.370 e. The van der Waals surface area contributed by atoms with E-state index >= 15 is 0 Å². The van der Waals surface area contributed by atoms with Gasteiger partial charge in [0, 0.05) is 30.5 Å². The third-order valence-corrected chi connectivity index (χ3v) is 3.24. The van der Waals surface area contributed by atoms with E-state index in [1.54, 1.807) is 6.33 Å². The van der Waals surface area contributed by atoms with E-state index in [0.717, 1.165) is 36.7 Å². The lowest BCUT2D eigenvalue weighted by Gasteiger charge is -2.09. The fraction of sp³-hybridized carbons (Fsp3) is 0.533. The smallest absolute Gasteiger partial charge is 0.129 e. The molecule has 0 fully saturated rings. The van der Waals surface area contributed by atoms with Crippen LogP contribution in [0.5, 0.6) is 0 Å². The van der Waals surface area contributed by atoms with Gasteiger partial charge < -0.3 is 5.32 Å². The minimum atomic E-state index is 0.424. The normalized spacial score (nSPS) is 11.1. The van der Waals surface area contributed by atoms with Crippen molar-refractivity contribution in [2.75, 3.05) is 11.9 Å². The van der Waals surface area contributed by atoms with Crippen LogP contribution >= 0.6 is 0 Å². The fourth-order valence-corrected chi connectivity index (χ4v) is 2.13. The first kappa shape index (κ1) is 14.5. The molecule has 2 heterocycles. The number of aryl methyl sites for hydroxylation is 3. The summed E-state index contributed by atoms with van der Waals surface area (Å²) in [5, 5.41) is 7.80. The lowest BCUT2D eigenvalue weighted by Crippen LogP contribution is -2.10. The summed E-state index contributed by atoms with van der Waals surface area (Å²) in [6.45, 7) is 10.2. The molecular formula is C15H23N5. The van der Waals surface area contributed by atoms with Gasteiger partial charge in [-0.1, -0.05) is 13.8 Å². The second kappa shape index (κ2) is 6.50. The maximum absolute atomic E-state index is 4.46. The summed E-state index contributed by atoms with van der Waals surface area (Å²) in [6.07, 6.45) is 2.64. The van der Waals surface area contributed by atoms with Gasteiger partial charge in [0.25, 0.3) is 0 Å². The summed E-state index contributed by atoms with van der Waals surface area (Å²) >= 11 is 0. The molecule has 5 heteroatoms. The van der Waals surface area contributed by atoms with Gasteiger partial charge in [-0.05, 0) is 32.3 Å². The average molecular weight is 273 g/mol. The molecule has 0 saturated heterocycles. The van der Waals surface area contributed by atoms with Gasteiger partial charge in [-0.3, -0.25) is 4.68 Å². The largest absolute Gasteiger partial charge is 0.370 e. The number of hydrogen-bond acceptors (Lipinski definition) is 4. The maximum atomic E-state index is 4.46. The zero-order chi connectivity index (χ0) is 14.5. The summed E-state index contributed by atoms with van der Waals surface area (Å²) in [7, 11) is 0. The van der Waals surface area contributed by atoms with Crippen molar-refractivity contribution >= 4 is 5.82 Å². The first-order chi connectivity index (χ1) is 9.56. The van der Waals surface area contributed by atoms with E-state index in [4.69, 9.17) is 0 Å². The van der Waals surface area contributed by atoms with E-state index in [9.17, 15) is 0 Å². The van der Waals surface area contributed by atoms with Gasteiger partial charge in [-0.25, -0.2) is 9.97 Å². The first-order valence-electron chi connectivity index (χ1n) is 7.13. The van der Waals surface area contributed by atoms with Crippen LogP contribution in [0.15, 0.2) is 18.5 Å². The van der Waals surface area contributed by atoms with Crippen LogP contribution in [0.3, 0.4) is 0 Å². The van der Waals surface area contributed by atoms with E-state index in [0.29, 0.717) is 5.92 Å². The van der Waals surface area contributed by atoms with Gasteiger partial charge in [0.05, 0.1) is 5.69 Å². The van der Waals surface area contributed by atoms with Gasteiger partial charge in [0.2, 0.25) is 0 Å². The van der Waals surface area contributed by atoms with Crippen LogP contribution in [0.4, 0.5) is 5.82 Å². The molecule has 0 radical (unpaired) electrons. The zero-order valence-corrected chi connectivity index (χ0v) is 12.7. The zero-order valence-electron chi connectivity index (χ0n) is 12.7. The van der Waals surface area contributed by atoms with Crippen molar-refractivity contribution in [1.29, 1.82) is 0 Å². The predicted octanol–water partition coefficient (Wildman–Crippen LogP) is 2.92. The van der Waals surface area contributed by atoms with Gasteiger partial charge >= 0.3 is 0 Å². The molecule has 0 aliphatic carbocycles. The Hall–Kier alpha value is -1.91. The molecule has 0 atom stereocenters. The molecule has 0 unspecified atom stereocenters. The number of nitrogens with one attached hydrogen (secondary N) is 1. The highest BCUT2D eigenvalue weighted by Crippen LogP contribution is 2.13. The van der Waals surface area contributed by atoms with Crippen molar-refractivity contribution in [3.05, 3.63) is 35.5 Å². The van der Waals surface area contributed by atoms with Crippen molar-refractivity contribution in [2.24, 2.45) is 0 Å². The first-order valence-corrected chi connectivity index (χ1v) is 7.13. The summed E-state index contributed by atoms with van der Waals surface area (Å²) < 4.78 is 2.05. The number of nitrogens with zero attached hydrogens (tertiary/aromatic N) is 4. The lowest BCUT2D eigenvalue weighted by molar-refractivity contribution is 0.573. The second-order valence-electron chi connectivity index (χ2n) is 5.41. The molecule has 2 aromatic rings. The second-order valence-corrected chi connectivity index (χ2v) is 5.41. The van der Waals surface area contributed by atoms with Crippen LogP contribution in [0.2, 0.25) is 0 Å². The maximum Gasteiger partial charge on any atom is 0.129 e. The fourth-order valence-electron chi connectivity index (χ4n) is 2.13. The Bertz CT molecular complexity index is 559. The highest BCUT2D eigenvalue weighted by atomic mass is 15.3. The molecule has 1 N–H and O–H groups in total. The molecule has 0 bridgehead atoms. The average Bonchev–Trinajstić information content (AvgIpc) is 2.73. The van der Waals surface area contributed by atoms with Crippen molar-refractivity contribution in [2.45, 2.75) is 46.6 Å². The Morgan fingerprint density at radius 2 is 2.00 bits per heavy atom. The van der Waals surface area contributed by atoms with E-state index < -0.39 is 0 Å². The molecule has 108 valence electrons. The molecule has 0 spiro atoms. The van der Waals surface area contributed by atoms with E-state index in [2.05, 4.69) is 51.9 Å². The highest BCUT2D eigenvalue weighted by molar-refractivity contribution is 5.35. The van der Waals surface area contributed by atoms with Crippen LogP contribution in [0.1, 0.15) is 43.3 Å². The van der Waals surface area contributed by atoms with Crippen LogP contribution in [0.25, 0.3) is 0 Å². The molecule has 0 amide bonds. The summed E-state index contributed by atoms with van der Waals surface area (Å²) in [5.74, 6) is 1.32. The van der Waals surface area contributed by atoms with Gasteiger partial charge in [-0.2, -0.15) is 5.10 Å². The van der Waals surface area contributed by atoms with Crippen LogP contribution in [-0.4, -0.2) is 26.3 Å². The lowest BCUT2D eigenvalue weighted by atomic mass is 10.1. The van der Waals surface area contributed by atoms with E-state index in [1.165, 1.54) is 5.69 Å². The Morgan fingerprint density at radius 3 is 2.65 bits per heavy atom. The topological polar surface area (TPSA) is 55.6 Å². The van der Waals surface area contributed by atoms with Crippen molar-refractivity contribution in [3.63, 3.8) is 0 Å².